The number of phenols is 3. The molecule has 2 saturated heterocycles. The lowest BCUT2D eigenvalue weighted by Crippen LogP contribution is -2.56. The second kappa shape index (κ2) is 14.9. The van der Waals surface area contributed by atoms with Gasteiger partial charge in [0.15, 0.2) is 28.9 Å². The predicted octanol–water partition coefficient (Wildman–Crippen LogP) is 2.51. The maximum absolute atomic E-state index is 14.7. The summed E-state index contributed by atoms with van der Waals surface area (Å²) in [6.07, 6.45) is 0.313. The average molecular weight is 776 g/mol. The van der Waals surface area contributed by atoms with Gasteiger partial charge in [-0.2, -0.15) is 0 Å². The van der Waals surface area contributed by atoms with Crippen molar-refractivity contribution in [3.8, 4) is 23.0 Å². The number of rotatable bonds is 7. The molecule has 2 unspecified atom stereocenters. The van der Waals surface area contributed by atoms with E-state index >= 15 is 0 Å². The van der Waals surface area contributed by atoms with Crippen LogP contribution < -0.4 is 15.3 Å². The van der Waals surface area contributed by atoms with E-state index in [-0.39, 0.29) is 43.7 Å². The van der Waals surface area contributed by atoms with Crippen molar-refractivity contribution in [1.29, 1.82) is 0 Å². The van der Waals surface area contributed by atoms with Crippen LogP contribution in [0.5, 0.6) is 23.0 Å². The predicted molar refractivity (Wildman–Crippen MR) is 179 cm³/mol. The maximum Gasteiger partial charge on any atom is 0.547 e. The molecule has 6 rings (SSSR count). The van der Waals surface area contributed by atoms with E-state index in [4.69, 9.17) is 16.3 Å². The number of hydrogen-bond donors (Lipinski definition) is 7. The number of hydrogen-bond acceptors (Lipinski definition) is 10. The second-order valence-corrected chi connectivity index (χ2v) is 13.1. The quantitative estimate of drug-likeness (QED) is 0.136. The van der Waals surface area contributed by atoms with Crippen molar-refractivity contribution in [3.05, 3.63) is 81.1 Å². The number of carbonyl (C=O) groups excluding carboxylic acids is 4. The van der Waals surface area contributed by atoms with Crippen LogP contribution >= 0.6 is 11.6 Å². The van der Waals surface area contributed by atoms with Gasteiger partial charge in [0, 0.05) is 43.3 Å². The summed E-state index contributed by atoms with van der Waals surface area (Å²) in [5.41, 5.74) is -1.25. The fourth-order valence-corrected chi connectivity index (χ4v) is 6.89. The summed E-state index contributed by atoms with van der Waals surface area (Å²) in [5, 5.41) is 53.7. The van der Waals surface area contributed by atoms with Gasteiger partial charge in [0.25, 0.3) is 5.91 Å². The van der Waals surface area contributed by atoms with E-state index in [0.29, 0.717) is 18.9 Å². The molecule has 6 amide bonds. The SMILES string of the molecule is O=C(O)c1c(F)ccc2c1OB(O)C(NC(=O)C(NC(=O)N1CCN(C3CCN(C(=O)c4ccc(F)c(O)c4)CC3)C1=O)c1cc(F)c(O)c(O)c1Cl)C2. The van der Waals surface area contributed by atoms with Gasteiger partial charge in [0.1, 0.15) is 23.2 Å². The number of carbonyl (C=O) groups is 5. The van der Waals surface area contributed by atoms with Crippen molar-refractivity contribution in [1.82, 2.24) is 25.3 Å². The third-order valence-electron chi connectivity index (χ3n) is 9.46. The number of piperidine rings is 1. The Morgan fingerprint density at radius 2 is 1.61 bits per heavy atom. The molecule has 3 aromatic rings. The molecule has 54 heavy (non-hydrogen) atoms. The smallest absolute Gasteiger partial charge is 0.534 e. The molecule has 2 fully saturated rings. The molecule has 2 atom stereocenters. The molecule has 0 aliphatic carbocycles. The number of benzene rings is 3. The Labute approximate surface area is 308 Å². The van der Waals surface area contributed by atoms with Gasteiger partial charge >= 0.3 is 25.1 Å². The number of urea groups is 2. The number of carboxylic acids is 1. The topological polar surface area (TPSA) is 230 Å². The highest BCUT2D eigenvalue weighted by Crippen LogP contribution is 2.41. The van der Waals surface area contributed by atoms with Gasteiger partial charge < -0.3 is 50.5 Å². The van der Waals surface area contributed by atoms with Crippen LogP contribution in [0, 0.1) is 17.5 Å². The van der Waals surface area contributed by atoms with E-state index in [9.17, 15) is 62.6 Å². The number of aromatic carboxylic acids is 1. The summed E-state index contributed by atoms with van der Waals surface area (Å²) in [7, 11) is -1.95. The molecule has 0 spiro atoms. The lowest BCUT2D eigenvalue weighted by Gasteiger charge is -2.36. The van der Waals surface area contributed by atoms with Crippen LogP contribution in [0.2, 0.25) is 5.02 Å². The number of amides is 6. The Hall–Kier alpha value is -5.89. The molecule has 0 aromatic heterocycles. The van der Waals surface area contributed by atoms with Crippen LogP contribution in [0.1, 0.15) is 50.7 Å². The lowest BCUT2D eigenvalue weighted by atomic mass is 9.72. The summed E-state index contributed by atoms with van der Waals surface area (Å²) in [6, 6.07) is 1.50. The summed E-state index contributed by atoms with van der Waals surface area (Å²) in [4.78, 5) is 69.0. The monoisotopic (exact) mass is 775 g/mol. The first-order valence-electron chi connectivity index (χ1n) is 16.3. The molecular formula is C33H30BClF3N5O11. The third kappa shape index (κ3) is 7.08. The van der Waals surface area contributed by atoms with Crippen molar-refractivity contribution in [2.75, 3.05) is 26.2 Å². The number of imide groups is 1. The van der Waals surface area contributed by atoms with E-state index < -0.39 is 112 Å². The molecule has 16 nitrogen and oxygen atoms in total. The zero-order valence-electron chi connectivity index (χ0n) is 27.8. The zero-order chi connectivity index (χ0) is 39.2. The largest absolute Gasteiger partial charge is 0.547 e. The lowest BCUT2D eigenvalue weighted by molar-refractivity contribution is -0.123. The van der Waals surface area contributed by atoms with E-state index in [0.717, 1.165) is 23.1 Å². The first kappa shape index (κ1) is 37.9. The highest BCUT2D eigenvalue weighted by atomic mass is 35.5. The molecule has 3 aliphatic heterocycles. The normalized spacial score (nSPS) is 17.9. The molecule has 284 valence electrons. The molecule has 21 heteroatoms. The number of phenolic OH excluding ortho intramolecular Hbond substituents is 3. The number of nitrogens with one attached hydrogen (secondary N) is 2. The van der Waals surface area contributed by atoms with Gasteiger partial charge in [-0.25, -0.2) is 32.5 Å². The summed E-state index contributed by atoms with van der Waals surface area (Å²) in [5.74, 6) is -11.7. The van der Waals surface area contributed by atoms with Gasteiger partial charge in [-0.15, -0.1) is 0 Å². The number of fused-ring (bicyclic) bond motifs is 1. The van der Waals surface area contributed by atoms with Crippen LogP contribution in [-0.4, -0.2) is 115 Å². The molecule has 3 heterocycles. The number of carboxylic acid groups (broad SMARTS) is 1. The Kier molecular flexibility index (Phi) is 10.4. The fraction of sp³-hybridized carbons (Fsp3) is 0.303. The first-order chi connectivity index (χ1) is 25.6. The van der Waals surface area contributed by atoms with Gasteiger partial charge in [-0.3, -0.25) is 9.59 Å². The van der Waals surface area contributed by atoms with Gasteiger partial charge in [0.2, 0.25) is 5.91 Å². The van der Waals surface area contributed by atoms with Crippen molar-refractivity contribution in [3.63, 3.8) is 0 Å². The molecule has 3 aromatic carbocycles. The minimum atomic E-state index is -1.98. The highest BCUT2D eigenvalue weighted by molar-refractivity contribution is 6.47. The van der Waals surface area contributed by atoms with Crippen LogP contribution in [0.15, 0.2) is 36.4 Å². The van der Waals surface area contributed by atoms with Crippen LogP contribution in [-0.2, 0) is 11.2 Å². The third-order valence-corrected chi connectivity index (χ3v) is 9.86. The van der Waals surface area contributed by atoms with Crippen LogP contribution in [0.3, 0.4) is 0 Å². The second-order valence-electron chi connectivity index (χ2n) is 12.7. The van der Waals surface area contributed by atoms with E-state index in [2.05, 4.69) is 10.6 Å². The Balaban J connectivity index is 1.17. The fourth-order valence-electron chi connectivity index (χ4n) is 6.63. The van der Waals surface area contributed by atoms with E-state index in [1.54, 1.807) is 0 Å². The Morgan fingerprint density at radius 1 is 0.926 bits per heavy atom. The minimum absolute atomic E-state index is 0.0624. The van der Waals surface area contributed by atoms with Gasteiger partial charge in [-0.05, 0) is 55.2 Å². The first-order valence-corrected chi connectivity index (χ1v) is 16.7. The van der Waals surface area contributed by atoms with Crippen molar-refractivity contribution in [2.24, 2.45) is 0 Å². The highest BCUT2D eigenvalue weighted by Gasteiger charge is 2.43. The van der Waals surface area contributed by atoms with Crippen molar-refractivity contribution in [2.45, 2.75) is 37.3 Å². The maximum atomic E-state index is 14.7. The number of nitrogens with zero attached hydrogens (tertiary/aromatic N) is 3. The van der Waals surface area contributed by atoms with Crippen molar-refractivity contribution >= 4 is 48.6 Å². The minimum Gasteiger partial charge on any atom is -0.534 e. The molecule has 3 aliphatic rings. The van der Waals surface area contributed by atoms with Crippen LogP contribution in [0.25, 0.3) is 0 Å². The van der Waals surface area contributed by atoms with Gasteiger partial charge in [0.05, 0.1) is 11.0 Å². The number of aromatic hydroxyl groups is 3. The van der Waals surface area contributed by atoms with Gasteiger partial charge in [-0.1, -0.05) is 17.7 Å². The zero-order valence-corrected chi connectivity index (χ0v) is 28.5. The Bertz CT molecular complexity index is 2070. The standard InChI is InChI=1S/C33H30BClF3N5O11/c35-24-17(13-20(38)26(45)27(24)46)25(29(47)39-22-12-14-1-4-19(37)23(31(49)50)28(14)54-34(22)53)40-32(51)43-10-9-42(33(43)52)16-5-7-41(8-6-16)30(48)15-2-3-18(36)21(44)11-15/h1-4,11,13,16,22,25,44-46,53H,5-10,12H2,(H,39,47)(H,40,51)(H,49,50). The van der Waals surface area contributed by atoms with E-state index in [1.165, 1.54) is 21.9 Å². The Morgan fingerprint density at radius 3 is 2.28 bits per heavy atom. The number of halogens is 4. The molecule has 0 bridgehead atoms. The summed E-state index contributed by atoms with van der Waals surface area (Å²) in [6.45, 7) is 0.293. The molecule has 7 N–H and O–H groups in total. The van der Waals surface area contributed by atoms with Crippen molar-refractivity contribution < 1.29 is 67.2 Å². The van der Waals surface area contributed by atoms with Crippen LogP contribution in [0.4, 0.5) is 22.8 Å². The summed E-state index contributed by atoms with van der Waals surface area (Å²) >= 11 is 6.17. The molecule has 0 saturated carbocycles. The molecule has 0 radical (unpaired) electrons. The summed E-state index contributed by atoms with van der Waals surface area (Å²) < 4.78 is 47.6. The number of likely N-dealkylation sites (tertiary alicyclic amines) is 1. The molecular weight excluding hydrogens is 746 g/mol. The van der Waals surface area contributed by atoms with E-state index in [1.807, 2.05) is 0 Å². The average Bonchev–Trinajstić information content (AvgIpc) is 3.53.